The van der Waals surface area contributed by atoms with Gasteiger partial charge in [-0.15, -0.1) is 0 Å². The first kappa shape index (κ1) is 18.1. The van der Waals surface area contributed by atoms with Crippen LogP contribution in [0.4, 0.5) is 0 Å². The lowest BCUT2D eigenvalue weighted by molar-refractivity contribution is -0.223. The summed E-state index contributed by atoms with van der Waals surface area (Å²) in [5.74, 6) is 0.278. The van der Waals surface area contributed by atoms with Crippen LogP contribution in [0.3, 0.4) is 0 Å². The summed E-state index contributed by atoms with van der Waals surface area (Å²) in [5, 5.41) is 0. The average Bonchev–Trinajstić information content (AvgIpc) is 2.64. The first-order valence-electron chi connectivity index (χ1n) is 9.11. The molecular formula is C22H28O3. The maximum absolute atomic E-state index is 6.32. The molecule has 3 nitrogen and oxygen atoms in total. The van der Waals surface area contributed by atoms with Crippen molar-refractivity contribution < 1.29 is 14.2 Å². The van der Waals surface area contributed by atoms with E-state index in [2.05, 4.69) is 45.0 Å². The summed E-state index contributed by atoms with van der Waals surface area (Å²) in [6.45, 7) is 7.56. The van der Waals surface area contributed by atoms with Gasteiger partial charge in [0.25, 0.3) is 0 Å². The molecule has 3 rings (SSSR count). The Labute approximate surface area is 150 Å². The molecule has 1 aliphatic heterocycles. The van der Waals surface area contributed by atoms with Gasteiger partial charge >= 0.3 is 0 Å². The zero-order chi connectivity index (χ0) is 17.6. The Bertz CT molecular complexity index is 628. The first-order chi connectivity index (χ1) is 12.1. The summed E-state index contributed by atoms with van der Waals surface area (Å²) in [7, 11) is 0. The molecule has 0 radical (unpaired) electrons. The molecule has 1 saturated heterocycles. The molecule has 0 bridgehead atoms. The molecule has 0 saturated carbocycles. The second-order valence-corrected chi connectivity index (χ2v) is 6.93. The summed E-state index contributed by atoms with van der Waals surface area (Å²) >= 11 is 0. The number of hydrogen-bond acceptors (Lipinski definition) is 3. The Morgan fingerprint density at radius 1 is 0.680 bits per heavy atom. The van der Waals surface area contributed by atoms with Crippen LogP contribution in [-0.2, 0) is 27.4 Å². The molecule has 1 aliphatic rings. The fourth-order valence-electron chi connectivity index (χ4n) is 3.38. The third-order valence-corrected chi connectivity index (χ3v) is 5.04. The molecule has 134 valence electrons. The molecule has 1 fully saturated rings. The van der Waals surface area contributed by atoms with Crippen LogP contribution in [0.2, 0.25) is 0 Å². The lowest BCUT2D eigenvalue weighted by atomic mass is 9.89. The molecule has 2 aromatic carbocycles. The molecule has 0 spiro atoms. The van der Waals surface area contributed by atoms with Crippen molar-refractivity contribution in [3.05, 3.63) is 71.8 Å². The highest BCUT2D eigenvalue weighted by molar-refractivity contribution is 5.14. The lowest BCUT2D eigenvalue weighted by Crippen LogP contribution is -2.53. The highest BCUT2D eigenvalue weighted by Crippen LogP contribution is 2.31. The van der Waals surface area contributed by atoms with E-state index in [9.17, 15) is 0 Å². The van der Waals surface area contributed by atoms with Gasteiger partial charge in [0.15, 0.2) is 0 Å². The smallest absolute Gasteiger partial charge is 0.110 e. The zero-order valence-corrected chi connectivity index (χ0v) is 15.3. The summed E-state index contributed by atoms with van der Waals surface area (Å²) in [6, 6.07) is 20.6. The summed E-state index contributed by atoms with van der Waals surface area (Å²) in [4.78, 5) is 0. The van der Waals surface area contributed by atoms with E-state index in [0.717, 1.165) is 0 Å². The predicted octanol–water partition coefficient (Wildman–Crippen LogP) is 4.60. The van der Waals surface area contributed by atoms with Gasteiger partial charge < -0.3 is 14.2 Å². The standard InChI is InChI=1S/C22H28O3/c1-16-17(2)25-18(3)22(24-15-20-12-8-5-9-13-20)21(16)23-14-19-10-6-4-7-11-19/h4-13,16-18,21-22H,14-15H2,1-3H3/t16?,17?,18?,21-,22-/m0/s1. The second-order valence-electron chi connectivity index (χ2n) is 6.93. The molecule has 25 heavy (non-hydrogen) atoms. The highest BCUT2D eigenvalue weighted by atomic mass is 16.6. The molecule has 2 aromatic rings. The van der Waals surface area contributed by atoms with Crippen LogP contribution >= 0.6 is 0 Å². The maximum atomic E-state index is 6.32. The van der Waals surface area contributed by atoms with Gasteiger partial charge in [-0.3, -0.25) is 0 Å². The van der Waals surface area contributed by atoms with Gasteiger partial charge in [-0.05, 0) is 25.0 Å². The van der Waals surface area contributed by atoms with Gasteiger partial charge in [0.05, 0.1) is 31.5 Å². The Morgan fingerprint density at radius 3 is 1.68 bits per heavy atom. The first-order valence-corrected chi connectivity index (χ1v) is 9.11. The Kier molecular flexibility index (Phi) is 6.24. The van der Waals surface area contributed by atoms with Crippen LogP contribution in [0.5, 0.6) is 0 Å². The van der Waals surface area contributed by atoms with Crippen LogP contribution in [-0.4, -0.2) is 24.4 Å². The molecule has 5 atom stereocenters. The zero-order valence-electron chi connectivity index (χ0n) is 15.3. The summed E-state index contributed by atoms with van der Waals surface area (Å²) in [5.41, 5.74) is 2.35. The van der Waals surface area contributed by atoms with Gasteiger partial charge in [-0.25, -0.2) is 0 Å². The van der Waals surface area contributed by atoms with E-state index in [4.69, 9.17) is 14.2 Å². The Balaban J connectivity index is 1.67. The van der Waals surface area contributed by atoms with Crippen molar-refractivity contribution in [3.63, 3.8) is 0 Å². The van der Waals surface area contributed by atoms with Crippen LogP contribution in [0, 0.1) is 5.92 Å². The highest BCUT2D eigenvalue weighted by Gasteiger charge is 2.41. The van der Waals surface area contributed by atoms with Gasteiger partial charge in [0.1, 0.15) is 6.10 Å². The van der Waals surface area contributed by atoms with E-state index in [-0.39, 0.29) is 30.3 Å². The molecule has 0 aliphatic carbocycles. The number of benzene rings is 2. The summed E-state index contributed by atoms with van der Waals surface area (Å²) in [6.07, 6.45) is 0.112. The fourth-order valence-corrected chi connectivity index (χ4v) is 3.38. The Hall–Kier alpha value is -1.68. The van der Waals surface area contributed by atoms with Crippen molar-refractivity contribution in [1.82, 2.24) is 0 Å². The van der Waals surface area contributed by atoms with Crippen molar-refractivity contribution in [1.29, 1.82) is 0 Å². The van der Waals surface area contributed by atoms with Crippen molar-refractivity contribution in [3.8, 4) is 0 Å². The van der Waals surface area contributed by atoms with Crippen LogP contribution in [0.1, 0.15) is 31.9 Å². The van der Waals surface area contributed by atoms with E-state index < -0.39 is 0 Å². The number of hydrogen-bond donors (Lipinski definition) is 0. The van der Waals surface area contributed by atoms with Crippen molar-refractivity contribution >= 4 is 0 Å². The van der Waals surface area contributed by atoms with Crippen LogP contribution in [0.25, 0.3) is 0 Å². The maximum Gasteiger partial charge on any atom is 0.110 e. The third-order valence-electron chi connectivity index (χ3n) is 5.04. The minimum atomic E-state index is -0.0740. The van der Waals surface area contributed by atoms with E-state index in [0.29, 0.717) is 13.2 Å². The lowest BCUT2D eigenvalue weighted by Gasteiger charge is -2.43. The second kappa shape index (κ2) is 8.61. The quantitative estimate of drug-likeness (QED) is 0.769. The van der Waals surface area contributed by atoms with E-state index in [1.54, 1.807) is 0 Å². The molecule has 0 N–H and O–H groups in total. The molecule has 0 aromatic heterocycles. The molecular weight excluding hydrogens is 312 g/mol. The number of rotatable bonds is 6. The van der Waals surface area contributed by atoms with E-state index in [1.165, 1.54) is 11.1 Å². The largest absolute Gasteiger partial charge is 0.372 e. The van der Waals surface area contributed by atoms with Crippen molar-refractivity contribution in [2.45, 2.75) is 58.4 Å². The van der Waals surface area contributed by atoms with E-state index in [1.807, 2.05) is 36.4 Å². The topological polar surface area (TPSA) is 27.7 Å². The summed E-state index contributed by atoms with van der Waals surface area (Å²) < 4.78 is 18.6. The number of ether oxygens (including phenoxy) is 3. The van der Waals surface area contributed by atoms with E-state index >= 15 is 0 Å². The minimum Gasteiger partial charge on any atom is -0.372 e. The fraction of sp³-hybridized carbons (Fsp3) is 0.455. The minimum absolute atomic E-state index is 0.00989. The van der Waals surface area contributed by atoms with Gasteiger partial charge in [-0.1, -0.05) is 67.6 Å². The molecule has 1 heterocycles. The predicted molar refractivity (Wildman–Crippen MR) is 99.2 cm³/mol. The van der Waals surface area contributed by atoms with Crippen LogP contribution < -0.4 is 0 Å². The SMILES string of the molecule is CC1OC(C)[C@H](OCc2ccccc2)[C@@H](OCc2ccccc2)C1C. The monoisotopic (exact) mass is 340 g/mol. The Morgan fingerprint density at radius 2 is 1.16 bits per heavy atom. The normalized spacial score (nSPS) is 29.5. The van der Waals surface area contributed by atoms with Crippen LogP contribution in [0.15, 0.2) is 60.7 Å². The molecule has 3 heteroatoms. The van der Waals surface area contributed by atoms with Crippen molar-refractivity contribution in [2.75, 3.05) is 0 Å². The van der Waals surface area contributed by atoms with Crippen molar-refractivity contribution in [2.24, 2.45) is 5.92 Å². The van der Waals surface area contributed by atoms with Gasteiger partial charge in [0.2, 0.25) is 0 Å². The van der Waals surface area contributed by atoms with Gasteiger partial charge in [0, 0.05) is 5.92 Å². The molecule has 3 unspecified atom stereocenters. The third kappa shape index (κ3) is 4.69. The molecule has 0 amide bonds. The average molecular weight is 340 g/mol. The van der Waals surface area contributed by atoms with Gasteiger partial charge in [-0.2, -0.15) is 0 Å².